The van der Waals surface area contributed by atoms with Crippen molar-refractivity contribution in [1.29, 1.82) is 0 Å². The topological polar surface area (TPSA) is 29.5 Å². The first kappa shape index (κ1) is 15.9. The monoisotopic (exact) mass is 353 g/mol. The molecule has 3 nitrogen and oxygen atoms in total. The number of anilines is 1. The minimum Gasteiger partial charge on any atom is -0.459 e. The highest BCUT2D eigenvalue weighted by Crippen LogP contribution is 2.57. The van der Waals surface area contributed by atoms with Gasteiger partial charge >= 0.3 is 0 Å². The number of carbonyl (C=O) groups is 1. The third-order valence-corrected chi connectivity index (χ3v) is 5.52. The third-order valence-electron chi connectivity index (χ3n) is 5.52. The first-order valence-corrected chi connectivity index (χ1v) is 9.06. The maximum atomic E-state index is 13.7. The van der Waals surface area contributed by atoms with E-state index in [1.807, 2.05) is 86.8 Å². The molecule has 3 aromatic carbocycles. The number of carbonyl (C=O) groups excluding carboxylic acids is 1. The molecule has 1 unspecified atom stereocenters. The summed E-state index contributed by atoms with van der Waals surface area (Å²) < 4.78 is 6.29. The summed E-state index contributed by atoms with van der Waals surface area (Å²) in [6.07, 6.45) is 1.99. The van der Waals surface area contributed by atoms with E-state index >= 15 is 0 Å². The Kier molecular flexibility index (Phi) is 3.28. The molecule has 2 aliphatic rings. The van der Waals surface area contributed by atoms with E-state index in [4.69, 9.17) is 4.74 Å². The van der Waals surface area contributed by atoms with Crippen LogP contribution < -0.4 is 9.64 Å². The maximum absolute atomic E-state index is 13.7. The van der Waals surface area contributed by atoms with E-state index in [0.717, 1.165) is 33.7 Å². The molecule has 0 saturated heterocycles. The molecule has 3 heteroatoms. The van der Waals surface area contributed by atoms with Crippen LogP contribution in [0.2, 0.25) is 0 Å². The van der Waals surface area contributed by atoms with E-state index in [9.17, 15) is 4.79 Å². The molecule has 132 valence electrons. The number of para-hydroxylation sites is 1. The fourth-order valence-electron chi connectivity index (χ4n) is 4.25. The van der Waals surface area contributed by atoms with Gasteiger partial charge in [0, 0.05) is 23.9 Å². The van der Waals surface area contributed by atoms with Crippen LogP contribution in [0.15, 0.2) is 78.6 Å². The highest BCUT2D eigenvalue weighted by atomic mass is 16.5. The second-order valence-corrected chi connectivity index (χ2v) is 7.15. The van der Waals surface area contributed by atoms with E-state index < -0.39 is 5.41 Å². The molecule has 3 aromatic rings. The molecule has 1 spiro atoms. The second-order valence-electron chi connectivity index (χ2n) is 7.15. The summed E-state index contributed by atoms with van der Waals surface area (Å²) in [4.78, 5) is 15.4. The van der Waals surface area contributed by atoms with Gasteiger partial charge in [-0.1, -0.05) is 66.2 Å². The number of fused-ring (bicyclic) bond motifs is 4. The maximum Gasteiger partial charge on any atom is 0.249 e. The molecular formula is C24H19NO2. The first-order chi connectivity index (χ1) is 13.1. The van der Waals surface area contributed by atoms with Crippen LogP contribution in [0.5, 0.6) is 5.75 Å². The predicted octanol–water partition coefficient (Wildman–Crippen LogP) is 4.69. The van der Waals surface area contributed by atoms with Crippen LogP contribution in [0.1, 0.15) is 22.3 Å². The molecule has 2 heterocycles. The van der Waals surface area contributed by atoms with Crippen molar-refractivity contribution in [2.24, 2.45) is 0 Å². The van der Waals surface area contributed by atoms with Gasteiger partial charge in [-0.3, -0.25) is 4.79 Å². The van der Waals surface area contributed by atoms with E-state index in [0.29, 0.717) is 5.76 Å². The van der Waals surface area contributed by atoms with Crippen LogP contribution in [-0.2, 0) is 10.2 Å². The molecule has 0 N–H and O–H groups in total. The number of benzene rings is 3. The zero-order valence-corrected chi connectivity index (χ0v) is 15.3. The number of ether oxygens (including phenoxy) is 1. The average Bonchev–Trinajstić information content (AvgIpc) is 3.12. The molecule has 2 aliphatic heterocycles. The van der Waals surface area contributed by atoms with Crippen LogP contribution >= 0.6 is 0 Å². The quantitative estimate of drug-likeness (QED) is 0.635. The highest BCUT2D eigenvalue weighted by molar-refractivity contribution is 6.14. The summed E-state index contributed by atoms with van der Waals surface area (Å²) in [5.41, 5.74) is 4.02. The van der Waals surface area contributed by atoms with Crippen LogP contribution in [0.4, 0.5) is 5.69 Å². The fourth-order valence-corrected chi connectivity index (χ4v) is 4.25. The summed E-state index contributed by atoms with van der Waals surface area (Å²) >= 11 is 0. The van der Waals surface area contributed by atoms with Gasteiger partial charge in [-0.2, -0.15) is 0 Å². The number of nitrogens with zero attached hydrogens (tertiary/aromatic N) is 1. The van der Waals surface area contributed by atoms with E-state index in [1.54, 1.807) is 4.90 Å². The van der Waals surface area contributed by atoms with Crippen molar-refractivity contribution in [3.05, 3.63) is 101 Å². The predicted molar refractivity (Wildman–Crippen MR) is 107 cm³/mol. The van der Waals surface area contributed by atoms with Crippen LogP contribution in [0.3, 0.4) is 0 Å². The lowest BCUT2D eigenvalue weighted by atomic mass is 9.74. The number of hydrogen-bond donors (Lipinski definition) is 0. The van der Waals surface area contributed by atoms with Crippen molar-refractivity contribution in [1.82, 2.24) is 0 Å². The van der Waals surface area contributed by atoms with Gasteiger partial charge in [0.05, 0.1) is 0 Å². The normalized spacial score (nSPS) is 21.5. The Balaban J connectivity index is 1.85. The van der Waals surface area contributed by atoms with Crippen molar-refractivity contribution in [3.63, 3.8) is 0 Å². The lowest BCUT2D eigenvalue weighted by molar-refractivity contribution is -0.120. The largest absolute Gasteiger partial charge is 0.459 e. The summed E-state index contributed by atoms with van der Waals surface area (Å²) in [5, 5.41) is 0. The molecule has 27 heavy (non-hydrogen) atoms. The molecule has 1 amide bonds. The smallest absolute Gasteiger partial charge is 0.249 e. The molecular weight excluding hydrogens is 334 g/mol. The van der Waals surface area contributed by atoms with Gasteiger partial charge in [0.25, 0.3) is 0 Å². The summed E-state index contributed by atoms with van der Waals surface area (Å²) in [7, 11) is 1.84. The van der Waals surface area contributed by atoms with E-state index in [2.05, 4.69) is 6.07 Å². The van der Waals surface area contributed by atoms with Crippen molar-refractivity contribution in [2.75, 3.05) is 11.9 Å². The van der Waals surface area contributed by atoms with Gasteiger partial charge in [0.2, 0.25) is 5.91 Å². The lowest BCUT2D eigenvalue weighted by Gasteiger charge is -2.23. The Hall–Kier alpha value is -3.33. The Bertz CT molecular complexity index is 1100. The SMILES string of the molecule is Cc1ccc2c(c1)C1(C(=O)N(C)c3ccccc31)/C(=C/c1ccccc1)O2. The highest BCUT2D eigenvalue weighted by Gasteiger charge is 2.59. The third kappa shape index (κ3) is 2.05. The summed E-state index contributed by atoms with van der Waals surface area (Å²) in [6.45, 7) is 2.04. The van der Waals surface area contributed by atoms with Gasteiger partial charge in [-0.25, -0.2) is 0 Å². The number of aryl methyl sites for hydroxylation is 1. The van der Waals surface area contributed by atoms with E-state index in [-0.39, 0.29) is 5.91 Å². The Morgan fingerprint density at radius 1 is 0.926 bits per heavy atom. The number of likely N-dealkylation sites (N-methyl/N-ethyl adjacent to an activating group) is 1. The van der Waals surface area contributed by atoms with Crippen molar-refractivity contribution < 1.29 is 9.53 Å². The number of hydrogen-bond acceptors (Lipinski definition) is 2. The molecule has 5 rings (SSSR count). The molecule has 0 saturated carbocycles. The summed E-state index contributed by atoms with van der Waals surface area (Å²) in [5.74, 6) is 1.44. The van der Waals surface area contributed by atoms with Gasteiger partial charge in [0.15, 0.2) is 5.41 Å². The zero-order valence-electron chi connectivity index (χ0n) is 15.3. The van der Waals surface area contributed by atoms with Crippen LogP contribution in [0, 0.1) is 6.92 Å². The van der Waals surface area contributed by atoms with Gasteiger partial charge in [0.1, 0.15) is 11.5 Å². The van der Waals surface area contributed by atoms with Crippen LogP contribution in [-0.4, -0.2) is 13.0 Å². The van der Waals surface area contributed by atoms with Crippen molar-refractivity contribution >= 4 is 17.7 Å². The Morgan fingerprint density at radius 3 is 2.48 bits per heavy atom. The second kappa shape index (κ2) is 5.58. The first-order valence-electron chi connectivity index (χ1n) is 9.06. The van der Waals surface area contributed by atoms with Gasteiger partial charge in [-0.15, -0.1) is 0 Å². The Morgan fingerprint density at radius 2 is 1.67 bits per heavy atom. The number of amides is 1. The van der Waals surface area contributed by atoms with Gasteiger partial charge in [-0.05, 0) is 30.7 Å². The molecule has 1 atom stereocenters. The molecule has 0 fully saturated rings. The standard InChI is InChI=1S/C24H19NO2/c1-16-12-13-21-19(14-16)24(22(27-21)15-17-8-4-3-5-9-17)18-10-6-7-11-20(18)25(2)23(24)26/h3-15H,1-2H3/b22-15-. The molecule has 0 aromatic heterocycles. The average molecular weight is 353 g/mol. The van der Waals surface area contributed by atoms with Crippen molar-refractivity contribution in [3.8, 4) is 5.75 Å². The van der Waals surface area contributed by atoms with E-state index in [1.165, 1.54) is 0 Å². The minimum atomic E-state index is -0.928. The fraction of sp³-hybridized carbons (Fsp3) is 0.125. The zero-order chi connectivity index (χ0) is 18.6. The Labute approximate surface area is 158 Å². The molecule has 0 bridgehead atoms. The van der Waals surface area contributed by atoms with Crippen LogP contribution in [0.25, 0.3) is 6.08 Å². The molecule has 0 radical (unpaired) electrons. The lowest BCUT2D eigenvalue weighted by Crippen LogP contribution is -2.39. The van der Waals surface area contributed by atoms with Gasteiger partial charge < -0.3 is 9.64 Å². The molecule has 0 aliphatic carbocycles. The summed E-state index contributed by atoms with van der Waals surface area (Å²) in [6, 6.07) is 24.1. The van der Waals surface area contributed by atoms with Crippen molar-refractivity contribution in [2.45, 2.75) is 12.3 Å². The minimum absolute atomic E-state index is 0.0234. The number of rotatable bonds is 1.